The van der Waals surface area contributed by atoms with Crippen molar-refractivity contribution in [3.05, 3.63) is 0 Å². The Bertz CT molecular complexity index is 267. The minimum absolute atomic E-state index is 0.130. The number of halogens is 2. The van der Waals surface area contributed by atoms with E-state index in [1.807, 2.05) is 0 Å². The van der Waals surface area contributed by atoms with Crippen LogP contribution in [0.3, 0.4) is 0 Å². The van der Waals surface area contributed by atoms with Crippen LogP contribution in [0.25, 0.3) is 0 Å². The zero-order chi connectivity index (χ0) is 12.4. The molecule has 1 saturated heterocycles. The molecule has 1 aliphatic rings. The Hall–Kier alpha value is -0.710. The van der Waals surface area contributed by atoms with Crippen molar-refractivity contribution in [3.63, 3.8) is 0 Å². The molecule has 94 valence electrons. The van der Waals surface area contributed by atoms with Gasteiger partial charge in [-0.3, -0.25) is 0 Å². The number of rotatable bonds is 5. The Morgan fingerprint density at radius 1 is 1.56 bits per heavy atom. The summed E-state index contributed by atoms with van der Waals surface area (Å²) in [6.07, 6.45) is -0.207. The summed E-state index contributed by atoms with van der Waals surface area (Å²) in [4.78, 5) is 10.7. The molecule has 1 atom stereocenters. The average Bonchev–Trinajstić information content (AvgIpc) is 2.40. The maximum Gasteiger partial charge on any atom is 0.377 e. The molecule has 5 heteroatoms. The largest absolute Gasteiger partial charge is 0.456 e. The molecular weight excluding hydrogens is 216 g/mol. The van der Waals surface area contributed by atoms with Gasteiger partial charge >= 0.3 is 11.9 Å². The zero-order valence-corrected chi connectivity index (χ0v) is 9.98. The molecular formula is C11H19F2NO2. The van der Waals surface area contributed by atoms with Crippen molar-refractivity contribution in [3.8, 4) is 0 Å². The second-order valence-electron chi connectivity index (χ2n) is 5.08. The highest BCUT2D eigenvalue weighted by molar-refractivity contribution is 5.79. The molecule has 1 unspecified atom stereocenters. The smallest absolute Gasteiger partial charge is 0.377 e. The van der Waals surface area contributed by atoms with Crippen LogP contribution in [0.15, 0.2) is 0 Å². The Balaban J connectivity index is 2.29. The van der Waals surface area contributed by atoms with Crippen molar-refractivity contribution in [1.82, 2.24) is 5.32 Å². The summed E-state index contributed by atoms with van der Waals surface area (Å²) in [7, 11) is 0. The van der Waals surface area contributed by atoms with Crippen LogP contribution < -0.4 is 5.32 Å². The number of carbonyl (C=O) groups excluding carboxylic acids is 1. The van der Waals surface area contributed by atoms with Crippen LogP contribution >= 0.6 is 0 Å². The summed E-state index contributed by atoms with van der Waals surface area (Å²) < 4.78 is 30.2. The molecule has 1 N–H and O–H groups in total. The van der Waals surface area contributed by atoms with Crippen LogP contribution in [0.5, 0.6) is 0 Å². The van der Waals surface area contributed by atoms with Gasteiger partial charge in [0.1, 0.15) is 6.10 Å². The number of ether oxygens (including phenoxy) is 1. The third-order valence-electron chi connectivity index (χ3n) is 2.99. The molecule has 1 heterocycles. The van der Waals surface area contributed by atoms with Gasteiger partial charge < -0.3 is 10.1 Å². The SMILES string of the molecule is CCC(C)(C)CNCC1CC(F)(F)C(=O)O1. The van der Waals surface area contributed by atoms with Crippen LogP contribution in [-0.2, 0) is 9.53 Å². The van der Waals surface area contributed by atoms with Gasteiger partial charge in [-0.2, -0.15) is 8.78 Å². The van der Waals surface area contributed by atoms with E-state index in [1.165, 1.54) is 0 Å². The molecule has 0 spiro atoms. The standard InChI is InChI=1S/C11H19F2NO2/c1-4-10(2,3)7-14-6-8-5-11(12,13)9(15)16-8/h8,14H,4-7H2,1-3H3. The lowest BCUT2D eigenvalue weighted by Gasteiger charge is -2.23. The Kier molecular flexibility index (Phi) is 3.88. The number of nitrogens with one attached hydrogen (secondary N) is 1. The minimum atomic E-state index is -3.30. The highest BCUT2D eigenvalue weighted by atomic mass is 19.3. The first-order chi connectivity index (χ1) is 7.27. The molecule has 3 nitrogen and oxygen atoms in total. The number of hydrogen-bond acceptors (Lipinski definition) is 3. The molecule has 1 aliphatic heterocycles. The normalized spacial score (nSPS) is 24.6. The molecule has 0 aliphatic carbocycles. The van der Waals surface area contributed by atoms with Crippen LogP contribution in [0.4, 0.5) is 8.78 Å². The molecule has 16 heavy (non-hydrogen) atoms. The van der Waals surface area contributed by atoms with E-state index in [0.29, 0.717) is 6.54 Å². The first-order valence-corrected chi connectivity index (χ1v) is 5.56. The Labute approximate surface area is 94.5 Å². The van der Waals surface area contributed by atoms with E-state index < -0.39 is 24.4 Å². The lowest BCUT2D eigenvalue weighted by atomic mass is 9.90. The van der Waals surface area contributed by atoms with E-state index in [-0.39, 0.29) is 5.41 Å². The summed E-state index contributed by atoms with van der Waals surface area (Å²) in [5, 5.41) is 3.07. The molecule has 0 aromatic heterocycles. The van der Waals surface area contributed by atoms with Gasteiger partial charge in [-0.15, -0.1) is 0 Å². The fraction of sp³-hybridized carbons (Fsp3) is 0.909. The number of esters is 1. The maximum atomic E-state index is 12.8. The van der Waals surface area contributed by atoms with Crippen LogP contribution in [0.2, 0.25) is 0 Å². The lowest BCUT2D eigenvalue weighted by molar-refractivity contribution is -0.159. The van der Waals surface area contributed by atoms with Crippen molar-refractivity contribution in [2.24, 2.45) is 5.41 Å². The number of hydrogen-bond donors (Lipinski definition) is 1. The first-order valence-electron chi connectivity index (χ1n) is 5.56. The van der Waals surface area contributed by atoms with E-state index in [4.69, 9.17) is 0 Å². The van der Waals surface area contributed by atoms with Crippen molar-refractivity contribution in [2.45, 2.75) is 45.6 Å². The lowest BCUT2D eigenvalue weighted by Crippen LogP contribution is -2.34. The highest BCUT2D eigenvalue weighted by Gasteiger charge is 2.50. The monoisotopic (exact) mass is 235 g/mol. The fourth-order valence-electron chi connectivity index (χ4n) is 1.46. The van der Waals surface area contributed by atoms with Gasteiger partial charge in [-0.25, -0.2) is 4.79 Å². The summed E-state index contributed by atoms with van der Waals surface area (Å²) >= 11 is 0. The summed E-state index contributed by atoms with van der Waals surface area (Å²) in [6, 6.07) is 0. The van der Waals surface area contributed by atoms with Gasteiger partial charge in [0.2, 0.25) is 0 Å². The van der Waals surface area contributed by atoms with Crippen molar-refractivity contribution in [2.75, 3.05) is 13.1 Å². The van der Waals surface area contributed by atoms with Gasteiger partial charge in [-0.05, 0) is 11.8 Å². The van der Waals surface area contributed by atoms with Gasteiger partial charge in [0.05, 0.1) is 6.42 Å². The maximum absolute atomic E-state index is 12.8. The second-order valence-corrected chi connectivity index (χ2v) is 5.08. The Morgan fingerprint density at radius 2 is 2.19 bits per heavy atom. The van der Waals surface area contributed by atoms with Crippen molar-refractivity contribution < 1.29 is 18.3 Å². The molecule has 0 aromatic rings. The molecule has 0 amide bonds. The molecule has 1 rings (SSSR count). The second kappa shape index (κ2) is 4.65. The van der Waals surface area contributed by atoms with Crippen molar-refractivity contribution in [1.29, 1.82) is 0 Å². The van der Waals surface area contributed by atoms with Crippen LogP contribution in [-0.4, -0.2) is 31.1 Å². The molecule has 0 saturated carbocycles. The molecule has 0 bridgehead atoms. The van der Waals surface area contributed by atoms with Crippen molar-refractivity contribution >= 4 is 5.97 Å². The van der Waals surface area contributed by atoms with E-state index in [9.17, 15) is 13.6 Å². The van der Waals surface area contributed by atoms with E-state index in [1.54, 1.807) is 0 Å². The van der Waals surface area contributed by atoms with E-state index >= 15 is 0 Å². The predicted octanol–water partition coefficient (Wildman–Crippen LogP) is 1.96. The molecule has 0 radical (unpaired) electrons. The third kappa shape index (κ3) is 3.40. The average molecular weight is 235 g/mol. The number of alkyl halides is 2. The molecule has 0 aromatic carbocycles. The zero-order valence-electron chi connectivity index (χ0n) is 9.98. The number of carbonyl (C=O) groups is 1. The summed E-state index contributed by atoms with van der Waals surface area (Å²) in [6.45, 7) is 7.28. The first kappa shape index (κ1) is 13.4. The Morgan fingerprint density at radius 3 is 2.62 bits per heavy atom. The number of cyclic esters (lactones) is 1. The van der Waals surface area contributed by atoms with Crippen LogP contribution in [0, 0.1) is 5.41 Å². The van der Waals surface area contributed by atoms with Crippen LogP contribution in [0.1, 0.15) is 33.6 Å². The van der Waals surface area contributed by atoms with Gasteiger partial charge in [-0.1, -0.05) is 20.8 Å². The quantitative estimate of drug-likeness (QED) is 0.740. The summed E-state index contributed by atoms with van der Waals surface area (Å²) in [5.41, 5.74) is 0.130. The highest BCUT2D eigenvalue weighted by Crippen LogP contribution is 2.30. The van der Waals surface area contributed by atoms with Gasteiger partial charge in [0, 0.05) is 13.1 Å². The molecule has 1 fully saturated rings. The minimum Gasteiger partial charge on any atom is -0.456 e. The predicted molar refractivity (Wildman–Crippen MR) is 56.4 cm³/mol. The summed E-state index contributed by atoms with van der Waals surface area (Å²) in [5.74, 6) is -4.69. The van der Waals surface area contributed by atoms with Gasteiger partial charge in [0.25, 0.3) is 0 Å². The van der Waals surface area contributed by atoms with E-state index in [0.717, 1.165) is 13.0 Å². The van der Waals surface area contributed by atoms with Gasteiger partial charge in [0.15, 0.2) is 0 Å². The fourth-order valence-corrected chi connectivity index (χ4v) is 1.46. The topological polar surface area (TPSA) is 38.3 Å². The van der Waals surface area contributed by atoms with E-state index in [2.05, 4.69) is 30.8 Å². The third-order valence-corrected chi connectivity index (χ3v) is 2.99.